The Kier molecular flexibility index (Phi) is 23.8. The number of amides is 7. The third-order valence-electron chi connectivity index (χ3n) is 11.8. The van der Waals surface area contributed by atoms with Crippen LogP contribution in [-0.4, -0.2) is 152 Å². The number of thiol groups is 2. The van der Waals surface area contributed by atoms with Gasteiger partial charge in [-0.2, -0.15) is 25.3 Å². The van der Waals surface area contributed by atoms with Crippen LogP contribution in [0.5, 0.6) is 5.75 Å². The maximum atomic E-state index is 14.6. The van der Waals surface area contributed by atoms with Gasteiger partial charge in [-0.05, 0) is 81.0 Å². The topological polar surface area (TPSA) is 352 Å². The van der Waals surface area contributed by atoms with E-state index in [4.69, 9.17) is 11.5 Å². The molecule has 10 atom stereocenters. The Balaban J connectivity index is 1.62. The number of phenolic OH excluding ortho intramolecular Hbond substituents is 1. The number of hydrogen-bond acceptors (Lipinski definition) is 15. The molecule has 0 spiro atoms. The van der Waals surface area contributed by atoms with E-state index in [9.17, 15) is 54.0 Å². The van der Waals surface area contributed by atoms with Crippen molar-refractivity contribution in [3.63, 3.8) is 0 Å². The Morgan fingerprint density at radius 1 is 0.583 bits per heavy atom. The summed E-state index contributed by atoms with van der Waals surface area (Å²) in [6, 6.07) is 11.6. The first-order valence-electron chi connectivity index (χ1n) is 23.5. The third kappa shape index (κ3) is 17.8. The van der Waals surface area contributed by atoms with Crippen molar-refractivity contribution in [3.05, 3.63) is 102 Å². The van der Waals surface area contributed by atoms with E-state index in [2.05, 4.69) is 67.5 Å². The van der Waals surface area contributed by atoms with Crippen molar-refractivity contribution < 1.29 is 54.0 Å². The number of para-hydroxylation sites is 1. The van der Waals surface area contributed by atoms with E-state index >= 15 is 0 Å². The van der Waals surface area contributed by atoms with E-state index in [1.54, 1.807) is 36.5 Å². The molecule has 3 aromatic carbocycles. The Labute approximate surface area is 428 Å². The number of nitrogens with one attached hydrogen (secondary N) is 8. The van der Waals surface area contributed by atoms with Gasteiger partial charge in [-0.3, -0.25) is 33.6 Å². The monoisotopic (exact) mass is 1040 g/mol. The molecule has 4 rings (SSSR count). The van der Waals surface area contributed by atoms with Crippen LogP contribution in [0.4, 0.5) is 0 Å². The Hall–Kier alpha value is -6.21. The fraction of sp³-hybridized carbons (Fsp3) is 0.449. The van der Waals surface area contributed by atoms with E-state index in [1.807, 2.05) is 36.4 Å². The minimum atomic E-state index is -1.66. The van der Waals surface area contributed by atoms with Gasteiger partial charge in [0.25, 0.3) is 0 Å². The summed E-state index contributed by atoms with van der Waals surface area (Å²) in [6.45, 7) is 2.21. The quantitative estimate of drug-likeness (QED) is 0.0215. The van der Waals surface area contributed by atoms with E-state index in [0.717, 1.165) is 16.5 Å². The molecule has 0 saturated carbocycles. The average Bonchev–Trinajstić information content (AvgIpc) is 3.77. The number of unbranched alkanes of at least 4 members (excludes halogenated alkanes) is 1. The maximum absolute atomic E-state index is 14.6. The number of nitrogens with two attached hydrogens (primary N) is 2. The molecule has 23 heteroatoms. The van der Waals surface area contributed by atoms with Crippen molar-refractivity contribution in [2.75, 3.05) is 24.7 Å². The van der Waals surface area contributed by atoms with Crippen molar-refractivity contribution in [1.82, 2.24) is 42.2 Å². The minimum Gasteiger partial charge on any atom is -0.508 e. The number of rotatable bonds is 29. The van der Waals surface area contributed by atoms with Crippen LogP contribution in [0.25, 0.3) is 10.9 Å². The largest absolute Gasteiger partial charge is 0.508 e. The molecule has 1 heterocycles. The van der Waals surface area contributed by atoms with Crippen molar-refractivity contribution in [1.29, 1.82) is 0 Å². The summed E-state index contributed by atoms with van der Waals surface area (Å²) in [6.07, 6.45) is -0.361. The highest BCUT2D eigenvalue weighted by atomic mass is 32.1. The highest BCUT2D eigenvalue weighted by Gasteiger charge is 2.35. The number of aromatic nitrogens is 1. The molecule has 0 unspecified atom stereocenters. The molecule has 0 fully saturated rings. The normalized spacial score (nSPS) is 15.5. The van der Waals surface area contributed by atoms with Crippen molar-refractivity contribution >= 4 is 77.5 Å². The number of aliphatic hydroxyl groups excluding tert-OH is 3. The molecule has 0 saturated heterocycles. The van der Waals surface area contributed by atoms with Crippen LogP contribution in [0.2, 0.25) is 0 Å². The van der Waals surface area contributed by atoms with Crippen LogP contribution in [0.15, 0.2) is 85.1 Å². The summed E-state index contributed by atoms with van der Waals surface area (Å²) in [5.74, 6) is -6.27. The lowest BCUT2D eigenvalue weighted by molar-refractivity contribution is -0.136. The van der Waals surface area contributed by atoms with Gasteiger partial charge in [0.15, 0.2) is 0 Å². The van der Waals surface area contributed by atoms with E-state index in [1.165, 1.54) is 26.0 Å². The molecule has 1 aromatic heterocycles. The highest BCUT2D eigenvalue weighted by molar-refractivity contribution is 7.80. The number of benzene rings is 3. The second-order valence-corrected chi connectivity index (χ2v) is 18.2. The lowest BCUT2D eigenvalue weighted by Gasteiger charge is -2.28. The molecule has 0 bridgehead atoms. The predicted molar refractivity (Wildman–Crippen MR) is 277 cm³/mol. The molecule has 0 aliphatic carbocycles. The lowest BCUT2D eigenvalue weighted by Crippen LogP contribution is -2.62. The smallest absolute Gasteiger partial charge is 0.245 e. The van der Waals surface area contributed by atoms with Gasteiger partial charge in [0.1, 0.15) is 42.0 Å². The lowest BCUT2D eigenvalue weighted by atomic mass is 10.0. The first-order chi connectivity index (χ1) is 34.4. The molecule has 72 heavy (non-hydrogen) atoms. The van der Waals surface area contributed by atoms with Crippen LogP contribution < -0.4 is 48.7 Å². The number of phenols is 1. The highest BCUT2D eigenvalue weighted by Crippen LogP contribution is 2.20. The molecule has 0 radical (unpaired) electrons. The van der Waals surface area contributed by atoms with Crippen LogP contribution in [-0.2, 0) is 52.8 Å². The predicted octanol–water partition coefficient (Wildman–Crippen LogP) is -1.64. The van der Waals surface area contributed by atoms with E-state index in [-0.39, 0.29) is 49.5 Å². The molecular formula is C49H68N10O11S2. The summed E-state index contributed by atoms with van der Waals surface area (Å²) in [5, 5.41) is 59.0. The SMILES string of the molecule is C[C@@H](O)[C@H](NC(=O)[C@H](CCCCN)NC(=O)[C@@H](Cc1c[nH]c2ccccc12)NC(=O)[C@H](Cc1ccc(O)cc1)NC(=O)[C@H](CS)NC(=O)[C@H](N)Cc1ccccc1)C(=O)N[C@@H](CS)C(=O)N[C@H](CO)[C@@H](C)O. The van der Waals surface area contributed by atoms with E-state index < -0.39 is 108 Å². The van der Waals surface area contributed by atoms with Gasteiger partial charge in [-0.25, -0.2) is 0 Å². The fourth-order valence-electron chi connectivity index (χ4n) is 7.54. The number of carbonyl (C=O) groups excluding carboxylic acids is 7. The number of aliphatic hydroxyl groups is 3. The number of aromatic hydroxyl groups is 1. The van der Waals surface area contributed by atoms with Gasteiger partial charge < -0.3 is 74.1 Å². The van der Waals surface area contributed by atoms with Crippen LogP contribution in [0.3, 0.4) is 0 Å². The molecular weight excluding hydrogens is 969 g/mol. The Morgan fingerprint density at radius 2 is 1.10 bits per heavy atom. The molecule has 16 N–H and O–H groups in total. The van der Waals surface area contributed by atoms with Gasteiger partial charge in [-0.15, -0.1) is 0 Å². The number of fused-ring (bicyclic) bond motifs is 1. The third-order valence-corrected chi connectivity index (χ3v) is 12.5. The average molecular weight is 1040 g/mol. The molecule has 7 amide bonds. The summed E-state index contributed by atoms with van der Waals surface area (Å²) in [5.41, 5.74) is 14.6. The zero-order chi connectivity index (χ0) is 52.9. The molecule has 0 aliphatic rings. The summed E-state index contributed by atoms with van der Waals surface area (Å²) in [7, 11) is 0. The maximum Gasteiger partial charge on any atom is 0.245 e. The van der Waals surface area contributed by atoms with Gasteiger partial charge in [-0.1, -0.05) is 60.7 Å². The number of H-pyrrole nitrogens is 1. The second-order valence-electron chi connectivity index (χ2n) is 17.5. The second kappa shape index (κ2) is 29.3. The van der Waals surface area contributed by atoms with E-state index in [0.29, 0.717) is 24.0 Å². The van der Waals surface area contributed by atoms with Gasteiger partial charge in [0.05, 0.1) is 30.9 Å². The number of aromatic amines is 1. The first kappa shape index (κ1) is 58.4. The Morgan fingerprint density at radius 3 is 1.68 bits per heavy atom. The van der Waals surface area contributed by atoms with Crippen molar-refractivity contribution in [2.24, 2.45) is 11.5 Å². The Bertz CT molecular complexity index is 2410. The molecule has 21 nitrogen and oxygen atoms in total. The van der Waals surface area contributed by atoms with Gasteiger partial charge >= 0.3 is 0 Å². The number of carbonyl (C=O) groups is 7. The van der Waals surface area contributed by atoms with Crippen LogP contribution in [0, 0.1) is 0 Å². The summed E-state index contributed by atoms with van der Waals surface area (Å²) in [4.78, 5) is 100. The summed E-state index contributed by atoms with van der Waals surface area (Å²) >= 11 is 8.45. The number of hydrogen-bond donors (Lipinski definition) is 16. The van der Waals surface area contributed by atoms with Gasteiger partial charge in [0.2, 0.25) is 41.4 Å². The minimum absolute atomic E-state index is 0.00832. The van der Waals surface area contributed by atoms with Crippen LogP contribution in [0.1, 0.15) is 49.8 Å². The first-order valence-corrected chi connectivity index (χ1v) is 24.8. The zero-order valence-corrected chi connectivity index (χ0v) is 41.9. The zero-order valence-electron chi connectivity index (χ0n) is 40.1. The molecule has 0 aliphatic heterocycles. The van der Waals surface area contributed by atoms with Crippen molar-refractivity contribution in [3.8, 4) is 5.75 Å². The molecule has 392 valence electrons. The van der Waals surface area contributed by atoms with Crippen LogP contribution >= 0.6 is 25.3 Å². The fourth-order valence-corrected chi connectivity index (χ4v) is 8.05. The molecule has 4 aromatic rings. The standard InChI is InChI=1S/C49H68N10O11S2/c1-27(61)39(24-60)56-48(69)41(26-72)58-49(70)42(28(2)62)59-44(65)36(14-8-9-19-50)53-46(67)38(22-31-23-52-35-13-7-6-12-33(31)35)55-45(66)37(21-30-15-17-32(63)18-16-30)54-47(68)40(25-71)57-43(64)34(51)20-29-10-4-3-5-11-29/h3-7,10-13,15-18,23,27-28,34,36-42,52,60-63,71-72H,8-9,14,19-22,24-26,50-51H2,1-2H3,(H,53,67)(H,54,68)(H,55,66)(H,56,69)(H,57,64)(H,58,70)(H,59,65)/t27-,28-,34-,36+,37+,38-,39-,40+,41+,42+/m1/s1. The summed E-state index contributed by atoms with van der Waals surface area (Å²) < 4.78 is 0. The van der Waals surface area contributed by atoms with Gasteiger partial charge in [0, 0.05) is 41.4 Å². The van der Waals surface area contributed by atoms with Crippen molar-refractivity contribution in [2.45, 2.75) is 113 Å².